The molecule has 0 heterocycles. The molecule has 1 aromatic rings. The molecule has 0 fully saturated rings. The standard InChI is InChI=1S/C13H22B2/c1-9-10(12(2,3)14)7-6-8-11(9)13(4,5)15/h6-8H,14-15H2,1-5H3. The van der Waals surface area contributed by atoms with E-state index in [1.807, 2.05) is 0 Å². The summed E-state index contributed by atoms with van der Waals surface area (Å²) in [6.45, 7) is 11.4. The van der Waals surface area contributed by atoms with Crippen LogP contribution in [0.15, 0.2) is 18.2 Å². The van der Waals surface area contributed by atoms with Gasteiger partial charge >= 0.3 is 0 Å². The van der Waals surface area contributed by atoms with E-state index in [0.717, 1.165) is 0 Å². The van der Waals surface area contributed by atoms with Gasteiger partial charge in [0.25, 0.3) is 0 Å². The molecule has 0 aliphatic carbocycles. The molecule has 1 rings (SSSR count). The van der Waals surface area contributed by atoms with Crippen molar-refractivity contribution in [2.75, 3.05) is 0 Å². The molecule has 0 nitrogen and oxygen atoms in total. The lowest BCUT2D eigenvalue weighted by Crippen LogP contribution is -2.23. The van der Waals surface area contributed by atoms with Gasteiger partial charge in [0.05, 0.1) is 0 Å². The summed E-state index contributed by atoms with van der Waals surface area (Å²) < 4.78 is 0. The molecule has 0 atom stereocenters. The van der Waals surface area contributed by atoms with E-state index in [4.69, 9.17) is 0 Å². The number of rotatable bonds is 2. The van der Waals surface area contributed by atoms with Crippen molar-refractivity contribution in [1.29, 1.82) is 0 Å². The van der Waals surface area contributed by atoms with E-state index in [-0.39, 0.29) is 10.6 Å². The Kier molecular flexibility index (Phi) is 3.09. The van der Waals surface area contributed by atoms with Crippen molar-refractivity contribution >= 4 is 15.7 Å². The smallest absolute Gasteiger partial charge is 0.0632 e. The minimum Gasteiger partial charge on any atom is -0.0632 e. The molecule has 0 saturated heterocycles. The molecule has 0 amide bonds. The third-order valence-corrected chi connectivity index (χ3v) is 2.95. The van der Waals surface area contributed by atoms with Crippen LogP contribution in [0.3, 0.4) is 0 Å². The molecule has 0 unspecified atom stereocenters. The van der Waals surface area contributed by atoms with Gasteiger partial charge in [-0.05, 0) is 34.2 Å². The first-order valence-corrected chi connectivity index (χ1v) is 5.74. The average Bonchev–Trinajstić information content (AvgIpc) is 1.99. The molecule has 0 radical (unpaired) electrons. The summed E-state index contributed by atoms with van der Waals surface area (Å²) in [7, 11) is 4.56. The maximum atomic E-state index is 2.28. The summed E-state index contributed by atoms with van der Waals surface area (Å²) in [6.07, 6.45) is 0. The molecule has 80 valence electrons. The second kappa shape index (κ2) is 3.73. The summed E-state index contributed by atoms with van der Waals surface area (Å²) in [5.41, 5.74) is 4.39. The van der Waals surface area contributed by atoms with Crippen LogP contribution < -0.4 is 0 Å². The highest BCUT2D eigenvalue weighted by molar-refractivity contribution is 6.16. The van der Waals surface area contributed by atoms with Crippen molar-refractivity contribution < 1.29 is 0 Å². The minimum absolute atomic E-state index is 0.241. The SMILES string of the molecule is BC(C)(C)c1cccc(C(B)(C)C)c1C. The zero-order chi connectivity index (χ0) is 11.9. The largest absolute Gasteiger partial charge is 0.114 e. The Morgan fingerprint density at radius 3 is 1.47 bits per heavy atom. The summed E-state index contributed by atoms with van der Waals surface area (Å²) in [5, 5.41) is 0.483. The second-order valence-corrected chi connectivity index (χ2v) is 6.48. The van der Waals surface area contributed by atoms with Crippen molar-refractivity contribution in [3.63, 3.8) is 0 Å². The van der Waals surface area contributed by atoms with Gasteiger partial charge in [-0.3, -0.25) is 0 Å². The molecular formula is C13H22B2. The van der Waals surface area contributed by atoms with E-state index in [1.54, 1.807) is 0 Å². The average molecular weight is 200 g/mol. The van der Waals surface area contributed by atoms with Crippen LogP contribution in [0, 0.1) is 6.92 Å². The van der Waals surface area contributed by atoms with Crippen molar-refractivity contribution in [2.45, 2.75) is 45.2 Å². The number of benzene rings is 1. The molecule has 2 heteroatoms. The van der Waals surface area contributed by atoms with Crippen molar-refractivity contribution in [3.8, 4) is 0 Å². The van der Waals surface area contributed by atoms with Gasteiger partial charge < -0.3 is 0 Å². The van der Waals surface area contributed by atoms with E-state index in [1.165, 1.54) is 16.7 Å². The van der Waals surface area contributed by atoms with Gasteiger partial charge in [-0.1, -0.05) is 45.9 Å². The molecule has 0 aliphatic heterocycles. The van der Waals surface area contributed by atoms with Gasteiger partial charge in [0.1, 0.15) is 15.7 Å². The van der Waals surface area contributed by atoms with E-state index >= 15 is 0 Å². The molecule has 0 N–H and O–H groups in total. The normalized spacial score (nSPS) is 12.9. The van der Waals surface area contributed by atoms with Crippen molar-refractivity contribution in [1.82, 2.24) is 0 Å². The van der Waals surface area contributed by atoms with Gasteiger partial charge in [0.2, 0.25) is 0 Å². The Balaban J connectivity index is 3.37. The molecule has 0 aliphatic rings. The maximum absolute atomic E-state index is 2.28. The monoisotopic (exact) mass is 200 g/mol. The molecule has 0 aromatic heterocycles. The highest BCUT2D eigenvalue weighted by atomic mass is 14.2. The van der Waals surface area contributed by atoms with E-state index in [9.17, 15) is 0 Å². The Labute approximate surface area is 96.3 Å². The van der Waals surface area contributed by atoms with Crippen LogP contribution >= 0.6 is 0 Å². The van der Waals surface area contributed by atoms with Gasteiger partial charge in [-0.15, -0.1) is 0 Å². The minimum atomic E-state index is 0.241. The molecular weight excluding hydrogens is 178 g/mol. The first kappa shape index (κ1) is 12.4. The summed E-state index contributed by atoms with van der Waals surface area (Å²) in [4.78, 5) is 0. The first-order valence-electron chi connectivity index (χ1n) is 5.74. The number of hydrogen-bond donors (Lipinski definition) is 0. The Bertz CT molecular complexity index is 322. The molecule has 0 spiro atoms. The lowest BCUT2D eigenvalue weighted by Gasteiger charge is -2.28. The highest BCUT2D eigenvalue weighted by Gasteiger charge is 2.22. The second-order valence-electron chi connectivity index (χ2n) is 6.48. The van der Waals surface area contributed by atoms with Crippen LogP contribution in [0.2, 0.25) is 0 Å². The summed E-state index contributed by atoms with van der Waals surface area (Å²) in [6, 6.07) is 6.70. The quantitative estimate of drug-likeness (QED) is 0.637. The Hall–Kier alpha value is -0.650. The topological polar surface area (TPSA) is 0 Å². The lowest BCUT2D eigenvalue weighted by atomic mass is 9.61. The van der Waals surface area contributed by atoms with Crippen LogP contribution in [0.25, 0.3) is 0 Å². The van der Waals surface area contributed by atoms with Crippen LogP contribution in [0.1, 0.15) is 44.4 Å². The first-order chi connectivity index (χ1) is 6.64. The molecule has 0 bridgehead atoms. The van der Waals surface area contributed by atoms with Gasteiger partial charge in [0, 0.05) is 0 Å². The lowest BCUT2D eigenvalue weighted by molar-refractivity contribution is 0.722. The van der Waals surface area contributed by atoms with Crippen LogP contribution in [-0.4, -0.2) is 15.7 Å². The fraction of sp³-hybridized carbons (Fsp3) is 0.538. The Morgan fingerprint density at radius 1 is 0.867 bits per heavy atom. The third-order valence-electron chi connectivity index (χ3n) is 2.95. The van der Waals surface area contributed by atoms with Crippen LogP contribution in [-0.2, 0) is 10.6 Å². The molecule has 15 heavy (non-hydrogen) atoms. The predicted molar refractivity (Wildman–Crippen MR) is 74.3 cm³/mol. The summed E-state index contributed by atoms with van der Waals surface area (Å²) >= 11 is 0. The number of hydrogen-bond acceptors (Lipinski definition) is 0. The maximum Gasteiger partial charge on any atom is 0.114 e. The molecule has 1 aromatic carbocycles. The van der Waals surface area contributed by atoms with Gasteiger partial charge in [-0.25, -0.2) is 0 Å². The van der Waals surface area contributed by atoms with Crippen LogP contribution in [0.5, 0.6) is 0 Å². The zero-order valence-electron chi connectivity index (χ0n) is 11.2. The zero-order valence-corrected chi connectivity index (χ0v) is 11.2. The highest BCUT2D eigenvalue weighted by Crippen LogP contribution is 2.30. The van der Waals surface area contributed by atoms with E-state index < -0.39 is 0 Å². The van der Waals surface area contributed by atoms with Gasteiger partial charge in [0.15, 0.2) is 0 Å². The van der Waals surface area contributed by atoms with Gasteiger partial charge in [-0.2, -0.15) is 0 Å². The fourth-order valence-corrected chi connectivity index (χ4v) is 2.26. The predicted octanol–water partition coefficient (Wildman–Crippen LogP) is 1.73. The Morgan fingerprint density at radius 2 is 1.20 bits per heavy atom. The van der Waals surface area contributed by atoms with E-state index in [0.29, 0.717) is 0 Å². The summed E-state index contributed by atoms with van der Waals surface area (Å²) in [5.74, 6) is 0. The van der Waals surface area contributed by atoms with Crippen LogP contribution in [0.4, 0.5) is 0 Å². The van der Waals surface area contributed by atoms with E-state index in [2.05, 4.69) is 68.5 Å². The third kappa shape index (κ3) is 2.68. The van der Waals surface area contributed by atoms with Crippen molar-refractivity contribution in [3.05, 3.63) is 34.9 Å². The van der Waals surface area contributed by atoms with Crippen molar-refractivity contribution in [2.24, 2.45) is 0 Å². The molecule has 0 saturated carbocycles. The fourth-order valence-electron chi connectivity index (χ4n) is 2.26.